The minimum absolute atomic E-state index is 0.215. The summed E-state index contributed by atoms with van der Waals surface area (Å²) >= 11 is 0. The van der Waals surface area contributed by atoms with E-state index in [1.807, 2.05) is 85.0 Å². The van der Waals surface area contributed by atoms with Crippen LogP contribution < -0.4 is 0 Å². The highest BCUT2D eigenvalue weighted by molar-refractivity contribution is 6.00. The van der Waals surface area contributed by atoms with Gasteiger partial charge < -0.3 is 15.1 Å². The third-order valence-corrected chi connectivity index (χ3v) is 9.08. The highest BCUT2D eigenvalue weighted by atomic mass is 16.4. The number of H-pyrrole nitrogens is 2. The molecule has 9 heteroatoms. The molecule has 0 aliphatic carbocycles. The first-order valence-electron chi connectivity index (χ1n) is 16.3. The van der Waals surface area contributed by atoms with Gasteiger partial charge in [-0.05, 0) is 119 Å². The molecule has 8 bridgehead atoms. The third kappa shape index (κ3) is 5.39. The number of aromatic amines is 2. The molecular formula is C42H27N7O2. The number of carboxylic acids is 1. The Kier molecular flexibility index (Phi) is 7.21. The molecule has 3 N–H and O–H groups in total. The lowest BCUT2D eigenvalue weighted by Crippen LogP contribution is -1.95. The summed E-state index contributed by atoms with van der Waals surface area (Å²) in [6, 6.07) is 27.0. The third-order valence-electron chi connectivity index (χ3n) is 9.08. The molecule has 8 heterocycles. The second kappa shape index (κ2) is 12.3. The maximum absolute atomic E-state index is 11.8. The summed E-state index contributed by atoms with van der Waals surface area (Å²) in [4.78, 5) is 42.5. The van der Waals surface area contributed by atoms with Crippen molar-refractivity contribution in [1.82, 2.24) is 34.9 Å². The van der Waals surface area contributed by atoms with Gasteiger partial charge in [0.05, 0.1) is 28.3 Å². The fourth-order valence-electron chi connectivity index (χ4n) is 6.76. The Morgan fingerprint density at radius 3 is 1.14 bits per heavy atom. The molecule has 2 aliphatic rings. The predicted octanol–water partition coefficient (Wildman–Crippen LogP) is 9.21. The zero-order chi connectivity index (χ0) is 34.3. The van der Waals surface area contributed by atoms with E-state index in [2.05, 4.69) is 37.1 Å². The quantitative estimate of drug-likeness (QED) is 0.167. The van der Waals surface area contributed by atoms with E-state index in [0.717, 1.165) is 89.4 Å². The van der Waals surface area contributed by atoms with Gasteiger partial charge in [-0.25, -0.2) is 14.8 Å². The topological polar surface area (TPSA) is 133 Å². The molecule has 9 rings (SSSR count). The molecular weight excluding hydrogens is 635 g/mol. The van der Waals surface area contributed by atoms with Gasteiger partial charge in [-0.2, -0.15) is 0 Å². The van der Waals surface area contributed by atoms with E-state index in [1.165, 1.54) is 0 Å². The standard InChI is InChI=1S/C42H27N7O2/c50-42(51)29-3-1-25(2-4-29)38-30-5-7-32(46-30)39(26-13-19-43-20-14-26)34-9-11-36(48-34)41(28-17-23-45-24-18-28)37-12-10-35(49-37)40(27-15-21-44-22-16-27)33-8-6-31(38)47-33/h1-24,46-47H,(H,50,51). The van der Waals surface area contributed by atoms with E-state index in [1.54, 1.807) is 49.3 Å². The van der Waals surface area contributed by atoms with Crippen molar-refractivity contribution in [2.24, 2.45) is 0 Å². The molecule has 0 saturated carbocycles. The molecule has 1 aromatic carbocycles. The number of aromatic carboxylic acids is 1. The van der Waals surface area contributed by atoms with Gasteiger partial charge in [0.1, 0.15) is 0 Å². The number of nitrogens with zero attached hydrogens (tertiary/aromatic N) is 5. The predicted molar refractivity (Wildman–Crippen MR) is 201 cm³/mol. The van der Waals surface area contributed by atoms with E-state index in [4.69, 9.17) is 9.97 Å². The molecule has 0 fully saturated rings. The zero-order valence-electron chi connectivity index (χ0n) is 26.9. The van der Waals surface area contributed by atoms with Crippen molar-refractivity contribution in [3.05, 3.63) is 150 Å². The van der Waals surface area contributed by atoms with Crippen molar-refractivity contribution in [3.63, 3.8) is 0 Å². The van der Waals surface area contributed by atoms with Gasteiger partial charge in [-0.15, -0.1) is 0 Å². The van der Waals surface area contributed by atoms with Crippen molar-refractivity contribution in [1.29, 1.82) is 0 Å². The van der Waals surface area contributed by atoms with Crippen molar-refractivity contribution in [2.45, 2.75) is 0 Å². The van der Waals surface area contributed by atoms with Crippen LogP contribution in [0, 0.1) is 0 Å². The van der Waals surface area contributed by atoms with E-state index in [-0.39, 0.29) is 5.56 Å². The van der Waals surface area contributed by atoms with E-state index < -0.39 is 5.97 Å². The summed E-state index contributed by atoms with van der Waals surface area (Å²) in [6.07, 6.45) is 18.8. The number of hydrogen-bond donors (Lipinski definition) is 3. The lowest BCUT2D eigenvalue weighted by molar-refractivity contribution is 0.0697. The van der Waals surface area contributed by atoms with Gasteiger partial charge in [0.15, 0.2) is 0 Å². The number of pyridine rings is 3. The Morgan fingerprint density at radius 1 is 0.412 bits per heavy atom. The van der Waals surface area contributed by atoms with E-state index in [9.17, 15) is 9.90 Å². The lowest BCUT2D eigenvalue weighted by atomic mass is 10.0. The Balaban J connectivity index is 1.46. The Hall–Kier alpha value is -7.26. The molecule has 242 valence electrons. The summed E-state index contributed by atoms with van der Waals surface area (Å²) in [6.45, 7) is 0. The van der Waals surface area contributed by atoms with Gasteiger partial charge in [-0.1, -0.05) is 12.1 Å². The van der Waals surface area contributed by atoms with Crippen LogP contribution in [0.5, 0.6) is 0 Å². The second-order valence-electron chi connectivity index (χ2n) is 12.1. The fraction of sp³-hybridized carbons (Fsp3) is 0. The molecule has 0 amide bonds. The number of carbonyl (C=O) groups is 1. The number of hydrogen-bond acceptors (Lipinski definition) is 6. The number of rotatable bonds is 5. The Morgan fingerprint density at radius 2 is 0.745 bits per heavy atom. The number of nitrogens with one attached hydrogen (secondary N) is 2. The summed E-state index contributed by atoms with van der Waals surface area (Å²) in [5.41, 5.74) is 14.1. The summed E-state index contributed by atoms with van der Waals surface area (Å²) in [5, 5.41) is 9.63. The van der Waals surface area contributed by atoms with Gasteiger partial charge in [0, 0.05) is 81.5 Å². The van der Waals surface area contributed by atoms with Gasteiger partial charge in [0.25, 0.3) is 0 Å². The van der Waals surface area contributed by atoms with Crippen molar-refractivity contribution < 1.29 is 9.90 Å². The number of benzene rings is 1. The molecule has 0 saturated heterocycles. The first kappa shape index (κ1) is 29.8. The van der Waals surface area contributed by atoms with Gasteiger partial charge >= 0.3 is 5.97 Å². The average Bonchev–Trinajstić information content (AvgIpc) is 4.01. The largest absolute Gasteiger partial charge is 0.478 e. The Labute approximate surface area is 291 Å². The minimum Gasteiger partial charge on any atom is -0.478 e. The number of fused-ring (bicyclic) bond motifs is 8. The van der Waals surface area contributed by atoms with Crippen molar-refractivity contribution >= 4 is 52.3 Å². The molecule has 7 aromatic rings. The van der Waals surface area contributed by atoms with Crippen molar-refractivity contribution in [3.8, 4) is 44.5 Å². The monoisotopic (exact) mass is 661 g/mol. The summed E-state index contributed by atoms with van der Waals surface area (Å²) in [5.74, 6) is -0.977. The zero-order valence-corrected chi connectivity index (χ0v) is 26.9. The SMILES string of the molecule is O=C(O)c1ccc(-c2c3ccc([nH]3)c(-c3ccncc3)c3nc(c(-c4ccncc4)c4nc(c(-c5ccncc5)c5ccc2[nH]5)C=C4)C=C3)cc1. The minimum atomic E-state index is -0.977. The molecule has 6 aromatic heterocycles. The van der Waals surface area contributed by atoms with Crippen LogP contribution in [-0.2, 0) is 0 Å². The van der Waals surface area contributed by atoms with Crippen LogP contribution in [0.1, 0.15) is 33.1 Å². The van der Waals surface area contributed by atoms with Gasteiger partial charge in [0.2, 0.25) is 0 Å². The first-order valence-corrected chi connectivity index (χ1v) is 16.3. The Bertz CT molecular complexity index is 2560. The molecule has 0 radical (unpaired) electrons. The van der Waals surface area contributed by atoms with Crippen LogP contribution in [0.25, 0.3) is 90.9 Å². The van der Waals surface area contributed by atoms with E-state index >= 15 is 0 Å². The number of carboxylic acid groups (broad SMARTS) is 1. The molecule has 2 aliphatic heterocycles. The maximum Gasteiger partial charge on any atom is 0.335 e. The van der Waals surface area contributed by atoms with E-state index in [0.29, 0.717) is 0 Å². The van der Waals surface area contributed by atoms with Crippen LogP contribution in [-0.4, -0.2) is 46.0 Å². The molecule has 0 unspecified atom stereocenters. The van der Waals surface area contributed by atoms with Crippen molar-refractivity contribution in [2.75, 3.05) is 0 Å². The van der Waals surface area contributed by atoms with Crippen LogP contribution in [0.15, 0.2) is 122 Å². The van der Waals surface area contributed by atoms with Crippen LogP contribution >= 0.6 is 0 Å². The highest BCUT2D eigenvalue weighted by Crippen LogP contribution is 2.38. The van der Waals surface area contributed by atoms with Crippen LogP contribution in [0.4, 0.5) is 0 Å². The summed E-state index contributed by atoms with van der Waals surface area (Å²) in [7, 11) is 0. The molecule has 0 atom stereocenters. The molecule has 51 heavy (non-hydrogen) atoms. The highest BCUT2D eigenvalue weighted by Gasteiger charge is 2.19. The fourth-order valence-corrected chi connectivity index (χ4v) is 6.76. The summed E-state index contributed by atoms with van der Waals surface area (Å²) < 4.78 is 0. The van der Waals surface area contributed by atoms with Gasteiger partial charge in [-0.3, -0.25) is 15.0 Å². The lowest BCUT2D eigenvalue weighted by Gasteiger charge is -2.07. The second-order valence-corrected chi connectivity index (χ2v) is 12.1. The maximum atomic E-state index is 11.8. The number of aromatic nitrogens is 7. The smallest absolute Gasteiger partial charge is 0.335 e. The average molecular weight is 662 g/mol. The molecule has 9 nitrogen and oxygen atoms in total. The molecule has 0 spiro atoms. The normalized spacial score (nSPS) is 11.9. The van der Waals surface area contributed by atoms with Crippen LogP contribution in [0.2, 0.25) is 0 Å². The first-order chi connectivity index (χ1) is 25.1. The van der Waals surface area contributed by atoms with Crippen LogP contribution in [0.3, 0.4) is 0 Å².